The van der Waals surface area contributed by atoms with Crippen molar-refractivity contribution in [2.45, 2.75) is 32.7 Å². The fourth-order valence-electron chi connectivity index (χ4n) is 1.76. The van der Waals surface area contributed by atoms with Gasteiger partial charge in [-0.1, -0.05) is 26.8 Å². The van der Waals surface area contributed by atoms with Crippen molar-refractivity contribution in [1.29, 1.82) is 0 Å². The minimum absolute atomic E-state index is 0.125. The van der Waals surface area contributed by atoms with E-state index in [9.17, 15) is 0 Å². The first-order chi connectivity index (χ1) is 7.50. The maximum Gasteiger partial charge on any atom is 0.0923 e. The molecule has 0 saturated carbocycles. The van der Waals surface area contributed by atoms with Crippen LogP contribution in [0.15, 0.2) is 24.4 Å². The van der Waals surface area contributed by atoms with Crippen LogP contribution in [0.3, 0.4) is 0 Å². The SMILES string of the molecule is CC(C)(C)c1ccc2nn(CCO)cc2c1. The van der Waals surface area contributed by atoms with E-state index in [0.717, 1.165) is 10.9 Å². The number of nitrogens with zero attached hydrogens (tertiary/aromatic N) is 2. The van der Waals surface area contributed by atoms with E-state index in [0.29, 0.717) is 6.54 Å². The van der Waals surface area contributed by atoms with E-state index in [1.807, 2.05) is 12.3 Å². The van der Waals surface area contributed by atoms with Crippen molar-refractivity contribution in [3.63, 3.8) is 0 Å². The first kappa shape index (κ1) is 11.1. The van der Waals surface area contributed by atoms with Gasteiger partial charge >= 0.3 is 0 Å². The number of aromatic nitrogens is 2. The maximum absolute atomic E-state index is 8.87. The van der Waals surface area contributed by atoms with Gasteiger partial charge in [-0.05, 0) is 23.1 Å². The zero-order valence-corrected chi connectivity index (χ0v) is 10.1. The summed E-state index contributed by atoms with van der Waals surface area (Å²) in [6.45, 7) is 7.28. The van der Waals surface area contributed by atoms with Gasteiger partial charge in [0.2, 0.25) is 0 Å². The van der Waals surface area contributed by atoms with Gasteiger partial charge in [-0.15, -0.1) is 0 Å². The Hall–Kier alpha value is -1.35. The smallest absolute Gasteiger partial charge is 0.0923 e. The van der Waals surface area contributed by atoms with Crippen molar-refractivity contribution in [3.8, 4) is 0 Å². The van der Waals surface area contributed by atoms with Crippen LogP contribution in [0.2, 0.25) is 0 Å². The molecule has 0 unspecified atom stereocenters. The number of hydrogen-bond acceptors (Lipinski definition) is 2. The van der Waals surface area contributed by atoms with Crippen molar-refractivity contribution in [2.24, 2.45) is 0 Å². The summed E-state index contributed by atoms with van der Waals surface area (Å²) in [7, 11) is 0. The summed E-state index contributed by atoms with van der Waals surface area (Å²) in [5, 5.41) is 14.4. The lowest BCUT2D eigenvalue weighted by Crippen LogP contribution is -2.10. The number of fused-ring (bicyclic) bond motifs is 1. The molecule has 1 N–H and O–H groups in total. The quantitative estimate of drug-likeness (QED) is 0.840. The van der Waals surface area contributed by atoms with Crippen LogP contribution in [0.4, 0.5) is 0 Å². The standard InChI is InChI=1S/C13H18N2O/c1-13(2,3)11-4-5-12-10(8-11)9-15(14-12)6-7-16/h4-5,8-9,16H,6-7H2,1-3H3. The highest BCUT2D eigenvalue weighted by Gasteiger charge is 2.14. The van der Waals surface area contributed by atoms with Gasteiger partial charge in [-0.2, -0.15) is 5.10 Å². The van der Waals surface area contributed by atoms with Gasteiger partial charge in [-0.3, -0.25) is 4.68 Å². The second kappa shape index (κ2) is 3.91. The fraction of sp³-hybridized carbons (Fsp3) is 0.462. The molecular weight excluding hydrogens is 200 g/mol. The van der Waals surface area contributed by atoms with Crippen LogP contribution in [0, 0.1) is 0 Å². The first-order valence-corrected chi connectivity index (χ1v) is 5.59. The zero-order valence-electron chi connectivity index (χ0n) is 10.1. The number of aliphatic hydroxyl groups excluding tert-OH is 1. The Labute approximate surface area is 95.7 Å². The van der Waals surface area contributed by atoms with Crippen LogP contribution in [-0.4, -0.2) is 21.5 Å². The van der Waals surface area contributed by atoms with Gasteiger partial charge in [-0.25, -0.2) is 0 Å². The third-order valence-electron chi connectivity index (χ3n) is 2.75. The molecule has 1 aromatic heterocycles. The van der Waals surface area contributed by atoms with Gasteiger partial charge in [0.15, 0.2) is 0 Å². The average molecular weight is 218 g/mol. The average Bonchev–Trinajstić information content (AvgIpc) is 2.57. The molecular formula is C13H18N2O. The summed E-state index contributed by atoms with van der Waals surface area (Å²) in [6, 6.07) is 6.35. The van der Waals surface area contributed by atoms with Gasteiger partial charge in [0.1, 0.15) is 0 Å². The number of aliphatic hydroxyl groups is 1. The maximum atomic E-state index is 8.87. The largest absolute Gasteiger partial charge is 0.394 e. The molecule has 0 radical (unpaired) electrons. The van der Waals surface area contributed by atoms with E-state index >= 15 is 0 Å². The lowest BCUT2D eigenvalue weighted by molar-refractivity contribution is 0.270. The first-order valence-electron chi connectivity index (χ1n) is 5.59. The molecule has 0 aliphatic heterocycles. The van der Waals surface area contributed by atoms with Crippen molar-refractivity contribution in [3.05, 3.63) is 30.0 Å². The Kier molecular flexibility index (Phi) is 2.72. The molecule has 2 aromatic rings. The topological polar surface area (TPSA) is 38.0 Å². The predicted octanol–water partition coefficient (Wildman–Crippen LogP) is 2.33. The molecule has 16 heavy (non-hydrogen) atoms. The molecule has 0 aliphatic rings. The molecule has 3 heteroatoms. The second-order valence-corrected chi connectivity index (χ2v) is 5.14. The summed E-state index contributed by atoms with van der Waals surface area (Å²) in [5.74, 6) is 0. The molecule has 86 valence electrons. The summed E-state index contributed by atoms with van der Waals surface area (Å²) in [4.78, 5) is 0. The Morgan fingerprint density at radius 1 is 1.31 bits per heavy atom. The van der Waals surface area contributed by atoms with E-state index in [-0.39, 0.29) is 12.0 Å². The van der Waals surface area contributed by atoms with E-state index in [2.05, 4.69) is 38.0 Å². The Morgan fingerprint density at radius 3 is 2.69 bits per heavy atom. The Balaban J connectivity index is 2.46. The van der Waals surface area contributed by atoms with Crippen molar-refractivity contribution >= 4 is 10.9 Å². The Morgan fingerprint density at radius 2 is 2.06 bits per heavy atom. The van der Waals surface area contributed by atoms with Crippen molar-refractivity contribution < 1.29 is 5.11 Å². The van der Waals surface area contributed by atoms with Gasteiger partial charge in [0.05, 0.1) is 18.7 Å². The zero-order chi connectivity index (χ0) is 11.8. The molecule has 1 heterocycles. The normalized spacial score (nSPS) is 12.2. The Bertz CT molecular complexity index is 494. The molecule has 0 fully saturated rings. The fourth-order valence-corrected chi connectivity index (χ4v) is 1.76. The monoisotopic (exact) mass is 218 g/mol. The summed E-state index contributed by atoms with van der Waals surface area (Å²) >= 11 is 0. The number of hydrogen-bond donors (Lipinski definition) is 1. The second-order valence-electron chi connectivity index (χ2n) is 5.14. The lowest BCUT2D eigenvalue weighted by atomic mass is 9.86. The van der Waals surface area contributed by atoms with Crippen molar-refractivity contribution in [1.82, 2.24) is 9.78 Å². The molecule has 1 aromatic carbocycles. The van der Waals surface area contributed by atoms with Gasteiger partial charge in [0, 0.05) is 11.6 Å². The van der Waals surface area contributed by atoms with Crippen LogP contribution in [0.1, 0.15) is 26.3 Å². The molecule has 0 aliphatic carbocycles. The van der Waals surface area contributed by atoms with Gasteiger partial charge < -0.3 is 5.11 Å². The van der Waals surface area contributed by atoms with Crippen molar-refractivity contribution in [2.75, 3.05) is 6.61 Å². The number of rotatable bonds is 2. The molecule has 2 rings (SSSR count). The van der Waals surface area contributed by atoms with E-state index < -0.39 is 0 Å². The lowest BCUT2D eigenvalue weighted by Gasteiger charge is -2.18. The molecule has 0 saturated heterocycles. The minimum atomic E-state index is 0.125. The highest BCUT2D eigenvalue weighted by Crippen LogP contribution is 2.25. The van der Waals surface area contributed by atoms with Crippen LogP contribution >= 0.6 is 0 Å². The highest BCUT2D eigenvalue weighted by atomic mass is 16.3. The van der Waals surface area contributed by atoms with E-state index in [1.54, 1.807) is 4.68 Å². The van der Waals surface area contributed by atoms with Crippen LogP contribution in [0.5, 0.6) is 0 Å². The van der Waals surface area contributed by atoms with E-state index in [1.165, 1.54) is 5.56 Å². The summed E-state index contributed by atoms with van der Waals surface area (Å²) in [6.07, 6.45) is 1.99. The van der Waals surface area contributed by atoms with Crippen LogP contribution in [-0.2, 0) is 12.0 Å². The van der Waals surface area contributed by atoms with Crippen LogP contribution < -0.4 is 0 Å². The van der Waals surface area contributed by atoms with Crippen LogP contribution in [0.25, 0.3) is 10.9 Å². The highest BCUT2D eigenvalue weighted by molar-refractivity contribution is 5.79. The molecule has 0 bridgehead atoms. The molecule has 0 atom stereocenters. The third kappa shape index (κ3) is 2.09. The summed E-state index contributed by atoms with van der Waals surface area (Å²) in [5.41, 5.74) is 2.46. The predicted molar refractivity (Wildman–Crippen MR) is 65.5 cm³/mol. The summed E-state index contributed by atoms with van der Waals surface area (Å²) < 4.78 is 1.79. The minimum Gasteiger partial charge on any atom is -0.394 e. The molecule has 0 amide bonds. The van der Waals surface area contributed by atoms with Gasteiger partial charge in [0.25, 0.3) is 0 Å². The molecule has 0 spiro atoms. The molecule has 3 nitrogen and oxygen atoms in total. The number of benzene rings is 1. The third-order valence-corrected chi connectivity index (χ3v) is 2.75. The van der Waals surface area contributed by atoms with E-state index in [4.69, 9.17) is 5.11 Å².